The van der Waals surface area contributed by atoms with E-state index in [1.807, 2.05) is 36.7 Å². The van der Waals surface area contributed by atoms with E-state index in [9.17, 15) is 0 Å². The van der Waals surface area contributed by atoms with E-state index in [1.54, 1.807) is 5.01 Å². The van der Waals surface area contributed by atoms with Crippen molar-refractivity contribution in [3.05, 3.63) is 125 Å². The van der Waals surface area contributed by atoms with E-state index in [4.69, 9.17) is 16.6 Å². The first-order chi connectivity index (χ1) is 22.5. The smallest absolute Gasteiger partial charge is 0.197 e. The summed E-state index contributed by atoms with van der Waals surface area (Å²) in [6.45, 7) is 9.26. The molecule has 1 aromatic carbocycles. The van der Waals surface area contributed by atoms with Gasteiger partial charge in [-0.25, -0.2) is 25.8 Å². The average Bonchev–Trinajstić information content (AvgIpc) is 3.55. The van der Waals surface area contributed by atoms with Crippen molar-refractivity contribution < 1.29 is 0 Å². The lowest BCUT2D eigenvalue weighted by molar-refractivity contribution is 0.262. The van der Waals surface area contributed by atoms with Crippen molar-refractivity contribution in [2.45, 2.75) is 65.8 Å². The van der Waals surface area contributed by atoms with Gasteiger partial charge < -0.3 is 5.73 Å². The van der Waals surface area contributed by atoms with E-state index in [2.05, 4.69) is 107 Å². The first kappa shape index (κ1) is 34.3. The fourth-order valence-corrected chi connectivity index (χ4v) is 5.14. The van der Waals surface area contributed by atoms with Gasteiger partial charge in [-0.15, -0.1) is 0 Å². The highest BCUT2D eigenvalue weighted by Crippen LogP contribution is 2.22. The zero-order valence-corrected chi connectivity index (χ0v) is 27.5. The summed E-state index contributed by atoms with van der Waals surface area (Å²) in [4.78, 5) is 16.5. The standard InChI is InChI=1S/C37H49N9/c1-4-7-9-16-33(38)36-42-34(43-44-36)17-12-25-45(24-6-3)28-31-20-18-30(19-21-31)26-41-37-32(23-22-29-14-10-8-11-15-29)27-40-35(13-5-2)46(37)39/h7-11,13-14,16,18-23,26-27,29H,4-6,12,15,17,24-25,28,38-39H2,1-3H3,(H,42,43,44)/b9-7-,23-22+,33-16-,35-13-,41-26+. The van der Waals surface area contributed by atoms with Crippen molar-refractivity contribution in [1.29, 1.82) is 0 Å². The molecule has 1 aliphatic heterocycles. The zero-order chi connectivity index (χ0) is 32.6. The quantitative estimate of drug-likeness (QED) is 0.109. The van der Waals surface area contributed by atoms with Gasteiger partial charge in [0.15, 0.2) is 11.6 Å². The van der Waals surface area contributed by atoms with Crippen LogP contribution in [0.25, 0.3) is 5.70 Å². The molecule has 0 radical (unpaired) electrons. The van der Waals surface area contributed by atoms with Gasteiger partial charge in [0.2, 0.25) is 0 Å². The first-order valence-corrected chi connectivity index (χ1v) is 16.4. The number of rotatable bonds is 16. The van der Waals surface area contributed by atoms with Gasteiger partial charge in [-0.05, 0) is 74.4 Å². The zero-order valence-electron chi connectivity index (χ0n) is 27.5. The molecule has 9 heteroatoms. The van der Waals surface area contributed by atoms with E-state index < -0.39 is 0 Å². The van der Waals surface area contributed by atoms with Crippen LogP contribution in [0.5, 0.6) is 0 Å². The molecule has 0 amide bonds. The SMILES string of the molecule is CC/C=C\C=C(/N)c1n[nH]c(CCCN(CCC)Cc2ccc(/C=N/C3=C(/C=C/C4C=CC=CC4)C=N/C(=C/CC)N3N)cc2)n1. The highest BCUT2D eigenvalue weighted by atomic mass is 15.5. The van der Waals surface area contributed by atoms with Gasteiger partial charge in [-0.2, -0.15) is 5.10 Å². The Balaban J connectivity index is 1.37. The van der Waals surface area contributed by atoms with Gasteiger partial charge in [0.05, 0.1) is 5.70 Å². The predicted molar refractivity (Wildman–Crippen MR) is 191 cm³/mol. The molecule has 4 rings (SSSR count). The number of hydrogen-bond acceptors (Lipinski definition) is 8. The predicted octanol–water partition coefficient (Wildman–Crippen LogP) is 6.75. The number of allylic oxidation sites excluding steroid dienone is 11. The van der Waals surface area contributed by atoms with E-state index in [0.29, 0.717) is 29.1 Å². The van der Waals surface area contributed by atoms with Gasteiger partial charge in [-0.1, -0.05) is 93.6 Å². The number of aromatic amines is 1. The molecule has 0 bridgehead atoms. The first-order valence-electron chi connectivity index (χ1n) is 16.4. The molecule has 1 atom stereocenters. The second kappa shape index (κ2) is 18.4. The number of nitrogens with two attached hydrogens (primary N) is 2. The van der Waals surface area contributed by atoms with Gasteiger partial charge >= 0.3 is 0 Å². The number of H-pyrrole nitrogens is 1. The fourth-order valence-electron chi connectivity index (χ4n) is 5.14. The molecular formula is C37H49N9. The number of nitrogens with one attached hydrogen (secondary N) is 1. The molecule has 2 heterocycles. The number of aromatic nitrogens is 3. The Morgan fingerprint density at radius 3 is 2.72 bits per heavy atom. The van der Waals surface area contributed by atoms with E-state index >= 15 is 0 Å². The Hall–Kier alpha value is -4.60. The van der Waals surface area contributed by atoms with Crippen LogP contribution in [0.3, 0.4) is 0 Å². The highest BCUT2D eigenvalue weighted by Gasteiger charge is 2.17. The maximum atomic E-state index is 6.49. The summed E-state index contributed by atoms with van der Waals surface area (Å²) in [5.41, 5.74) is 9.84. The van der Waals surface area contributed by atoms with Crippen molar-refractivity contribution in [1.82, 2.24) is 25.1 Å². The summed E-state index contributed by atoms with van der Waals surface area (Å²) >= 11 is 0. The van der Waals surface area contributed by atoms with Crippen LogP contribution in [0.2, 0.25) is 0 Å². The Bertz CT molecular complexity index is 1530. The van der Waals surface area contributed by atoms with Crippen molar-refractivity contribution in [3.63, 3.8) is 0 Å². The Morgan fingerprint density at radius 1 is 1.13 bits per heavy atom. The van der Waals surface area contributed by atoms with Gasteiger partial charge in [-0.3, -0.25) is 10.00 Å². The lowest BCUT2D eigenvalue weighted by atomic mass is 9.99. The van der Waals surface area contributed by atoms with E-state index in [-0.39, 0.29) is 0 Å². The van der Waals surface area contributed by atoms with Crippen LogP contribution >= 0.6 is 0 Å². The topological polar surface area (TPSA) is 125 Å². The number of benzene rings is 1. The third kappa shape index (κ3) is 10.5. The van der Waals surface area contributed by atoms with E-state index in [1.165, 1.54) is 5.56 Å². The number of nitrogens with zero attached hydrogens (tertiary/aromatic N) is 6. The third-order valence-electron chi connectivity index (χ3n) is 7.58. The molecule has 1 unspecified atom stereocenters. The molecule has 1 aliphatic carbocycles. The second-order valence-corrected chi connectivity index (χ2v) is 11.4. The lowest BCUT2D eigenvalue weighted by Gasteiger charge is -2.24. The van der Waals surface area contributed by atoms with Crippen LogP contribution in [0.4, 0.5) is 0 Å². The van der Waals surface area contributed by atoms with Crippen LogP contribution in [0.1, 0.15) is 75.7 Å². The second-order valence-electron chi connectivity index (χ2n) is 11.4. The summed E-state index contributed by atoms with van der Waals surface area (Å²) in [6, 6.07) is 8.58. The van der Waals surface area contributed by atoms with Crippen molar-refractivity contribution >= 4 is 18.1 Å². The molecule has 242 valence electrons. The normalized spacial score (nSPS) is 18.2. The maximum absolute atomic E-state index is 6.49. The Morgan fingerprint density at radius 2 is 1.98 bits per heavy atom. The minimum absolute atomic E-state index is 0.351. The molecular weight excluding hydrogens is 570 g/mol. The third-order valence-corrected chi connectivity index (χ3v) is 7.58. The molecule has 2 aliphatic rings. The highest BCUT2D eigenvalue weighted by molar-refractivity contribution is 5.87. The molecule has 1 aromatic heterocycles. The number of hydrogen-bond donors (Lipinski definition) is 3. The summed E-state index contributed by atoms with van der Waals surface area (Å²) in [5.74, 6) is 9.62. The van der Waals surface area contributed by atoms with Crippen LogP contribution in [-0.2, 0) is 13.0 Å². The molecule has 0 spiro atoms. The van der Waals surface area contributed by atoms with Crippen LogP contribution in [0, 0.1) is 5.92 Å². The largest absolute Gasteiger partial charge is 0.396 e. The van der Waals surface area contributed by atoms with Crippen LogP contribution in [0.15, 0.2) is 112 Å². The molecule has 5 N–H and O–H groups in total. The van der Waals surface area contributed by atoms with Crippen molar-refractivity contribution in [2.75, 3.05) is 13.1 Å². The summed E-state index contributed by atoms with van der Waals surface area (Å²) in [5, 5.41) is 8.89. The monoisotopic (exact) mass is 619 g/mol. The summed E-state index contributed by atoms with van der Waals surface area (Å²) < 4.78 is 0. The Labute approximate surface area is 274 Å². The minimum Gasteiger partial charge on any atom is -0.396 e. The molecule has 46 heavy (non-hydrogen) atoms. The van der Waals surface area contributed by atoms with Gasteiger partial charge in [0, 0.05) is 31.0 Å². The minimum atomic E-state index is 0.351. The Kier molecular flexibility index (Phi) is 13.7. The van der Waals surface area contributed by atoms with E-state index in [0.717, 1.165) is 75.1 Å². The summed E-state index contributed by atoms with van der Waals surface area (Å²) in [7, 11) is 0. The number of aliphatic imine (C=N–C) groups is 2. The van der Waals surface area contributed by atoms with Crippen molar-refractivity contribution in [3.8, 4) is 0 Å². The van der Waals surface area contributed by atoms with Crippen LogP contribution in [-0.4, -0.2) is 50.6 Å². The van der Waals surface area contributed by atoms with Gasteiger partial charge in [0.25, 0.3) is 0 Å². The lowest BCUT2D eigenvalue weighted by Crippen LogP contribution is -2.31. The van der Waals surface area contributed by atoms with Crippen molar-refractivity contribution in [2.24, 2.45) is 27.5 Å². The summed E-state index contributed by atoms with van der Waals surface area (Å²) in [6.07, 6.45) is 30.0. The molecule has 2 aromatic rings. The fraction of sp³-hybridized carbons (Fsp3) is 0.351. The molecule has 0 saturated carbocycles. The molecule has 0 fully saturated rings. The maximum Gasteiger partial charge on any atom is 0.197 e. The van der Waals surface area contributed by atoms with Crippen LogP contribution < -0.4 is 11.6 Å². The average molecular weight is 620 g/mol. The number of aryl methyl sites for hydroxylation is 1. The number of hydrazine groups is 1. The molecule has 9 nitrogen and oxygen atoms in total. The molecule has 0 saturated heterocycles. The van der Waals surface area contributed by atoms with Gasteiger partial charge in [0.1, 0.15) is 11.6 Å².